The van der Waals surface area contributed by atoms with Crippen molar-refractivity contribution in [3.63, 3.8) is 0 Å². The summed E-state index contributed by atoms with van der Waals surface area (Å²) in [5, 5.41) is 0. The zero-order chi connectivity index (χ0) is 9.07. The van der Waals surface area contributed by atoms with E-state index in [0.717, 1.165) is 12.8 Å². The first-order chi connectivity index (χ1) is 6.00. The molecule has 0 N–H and O–H groups in total. The Morgan fingerprint density at radius 3 is 1.46 bits per heavy atom. The molecule has 13 heavy (non-hydrogen) atoms. The van der Waals surface area contributed by atoms with Crippen molar-refractivity contribution in [1.82, 2.24) is 0 Å². The van der Waals surface area contributed by atoms with Crippen molar-refractivity contribution in [1.29, 1.82) is 0 Å². The molecule has 0 amide bonds. The molecule has 0 aromatic heterocycles. The minimum atomic E-state index is 0. The van der Waals surface area contributed by atoms with Crippen molar-refractivity contribution in [2.24, 2.45) is 0 Å². The summed E-state index contributed by atoms with van der Waals surface area (Å²) in [5.41, 5.74) is 0. The van der Waals surface area contributed by atoms with Crippen LogP contribution in [0.2, 0.25) is 0 Å². The summed E-state index contributed by atoms with van der Waals surface area (Å²) in [6.07, 6.45) is 20.0. The van der Waals surface area contributed by atoms with Crippen molar-refractivity contribution < 1.29 is 27.3 Å². The summed E-state index contributed by atoms with van der Waals surface area (Å²) in [4.78, 5) is 0. The van der Waals surface area contributed by atoms with E-state index in [9.17, 15) is 0 Å². The standard InChI is InChI=1S/2C5H5.C2H5.Hf.H/c2*1-2-4-5-3-1;1-2;;/h2*1-3H,4H2;1H2,2H3;;/q3*-1;+4;-1. The van der Waals surface area contributed by atoms with Gasteiger partial charge in [0.2, 0.25) is 0 Å². The molecule has 0 aliphatic heterocycles. The van der Waals surface area contributed by atoms with Gasteiger partial charge < -0.3 is 8.35 Å². The maximum Gasteiger partial charge on any atom is 4.00 e. The average molecular weight is 339 g/mol. The molecular weight excluding hydrogens is 323 g/mol. The quantitative estimate of drug-likeness (QED) is 0.468. The fourth-order valence-electron chi connectivity index (χ4n) is 0.680. The molecule has 0 heterocycles. The van der Waals surface area contributed by atoms with Crippen molar-refractivity contribution in [3.05, 3.63) is 55.5 Å². The van der Waals surface area contributed by atoms with Gasteiger partial charge in [0.1, 0.15) is 0 Å². The first kappa shape index (κ1) is 15.3. The van der Waals surface area contributed by atoms with Gasteiger partial charge in [-0.15, -0.1) is 12.8 Å². The summed E-state index contributed by atoms with van der Waals surface area (Å²) in [6, 6.07) is 0. The van der Waals surface area contributed by atoms with E-state index < -0.39 is 0 Å². The Morgan fingerprint density at radius 1 is 1.00 bits per heavy atom. The molecule has 0 spiro atoms. The minimum Gasteiger partial charge on any atom is -1.00 e. The third-order valence-corrected chi connectivity index (χ3v) is 1.17. The molecule has 0 saturated carbocycles. The number of rotatable bonds is 0. The monoisotopic (exact) mass is 340 g/mol. The second-order valence-corrected chi connectivity index (χ2v) is 2.01. The SMILES string of the molecule is [C-]1=CC=CC1.[C-]1=CC=CC1.[CH2-]C.[H-].[Hf+4]. The summed E-state index contributed by atoms with van der Waals surface area (Å²) in [6.45, 7) is 5.00. The average Bonchev–Trinajstić information content (AvgIpc) is 2.87. The van der Waals surface area contributed by atoms with Crippen LogP contribution in [0.4, 0.5) is 0 Å². The molecule has 0 unspecified atom stereocenters. The molecule has 2 rings (SSSR count). The largest absolute Gasteiger partial charge is 4.00 e. The number of allylic oxidation sites excluding steroid dienone is 8. The van der Waals surface area contributed by atoms with Gasteiger partial charge in [0.15, 0.2) is 0 Å². The van der Waals surface area contributed by atoms with Crippen LogP contribution in [-0.2, 0) is 25.8 Å². The molecule has 0 fully saturated rings. The van der Waals surface area contributed by atoms with Gasteiger partial charge in [-0.25, -0.2) is 24.3 Å². The summed E-state index contributed by atoms with van der Waals surface area (Å²) in [5.74, 6) is 0. The van der Waals surface area contributed by atoms with Crippen LogP contribution in [0.1, 0.15) is 21.2 Å². The van der Waals surface area contributed by atoms with E-state index in [1.165, 1.54) is 0 Å². The fraction of sp³-hybridized carbons (Fsp3) is 0.250. The summed E-state index contributed by atoms with van der Waals surface area (Å²) in [7, 11) is 0. The molecule has 0 aromatic carbocycles. The maximum absolute atomic E-state index is 3.25. The third-order valence-electron chi connectivity index (χ3n) is 1.17. The Hall–Kier alpha value is -0.170. The van der Waals surface area contributed by atoms with Gasteiger partial charge in [-0.05, 0) is 0 Å². The molecule has 2 aliphatic carbocycles. The van der Waals surface area contributed by atoms with Crippen molar-refractivity contribution >= 4 is 0 Å². The van der Waals surface area contributed by atoms with Gasteiger partial charge in [-0.1, -0.05) is 0 Å². The van der Waals surface area contributed by atoms with E-state index in [0.29, 0.717) is 0 Å². The van der Waals surface area contributed by atoms with Gasteiger partial charge in [-0.3, -0.25) is 12.2 Å². The van der Waals surface area contributed by atoms with Crippen LogP contribution in [0.25, 0.3) is 0 Å². The van der Waals surface area contributed by atoms with Gasteiger partial charge in [0.25, 0.3) is 0 Å². The zero-order valence-corrected chi connectivity index (χ0v) is 11.7. The van der Waals surface area contributed by atoms with Crippen LogP contribution < -0.4 is 0 Å². The predicted molar refractivity (Wildman–Crippen MR) is 55.3 cm³/mol. The molecular formula is C12H16Hf. The fourth-order valence-corrected chi connectivity index (χ4v) is 0.680. The van der Waals surface area contributed by atoms with E-state index in [4.69, 9.17) is 0 Å². The maximum atomic E-state index is 3.25. The smallest absolute Gasteiger partial charge is 1.00 e. The number of hydrogen-bond acceptors (Lipinski definition) is 0. The van der Waals surface area contributed by atoms with E-state index in [1.54, 1.807) is 6.92 Å². The Bertz CT molecular complexity index is 148. The normalized spacial score (nSPS) is 14.0. The van der Waals surface area contributed by atoms with E-state index in [2.05, 4.69) is 31.2 Å². The van der Waals surface area contributed by atoms with Crippen LogP contribution in [-0.4, -0.2) is 0 Å². The first-order valence-corrected chi connectivity index (χ1v) is 4.14. The molecule has 0 bridgehead atoms. The second kappa shape index (κ2) is 14.4. The van der Waals surface area contributed by atoms with Crippen LogP contribution in [0, 0.1) is 19.1 Å². The summed E-state index contributed by atoms with van der Waals surface area (Å²) < 4.78 is 0. The second-order valence-electron chi connectivity index (χ2n) is 2.01. The van der Waals surface area contributed by atoms with Crippen LogP contribution >= 0.6 is 0 Å². The van der Waals surface area contributed by atoms with Crippen LogP contribution in [0.3, 0.4) is 0 Å². The first-order valence-electron chi connectivity index (χ1n) is 4.14. The van der Waals surface area contributed by atoms with Crippen molar-refractivity contribution in [3.8, 4) is 0 Å². The molecule has 0 nitrogen and oxygen atoms in total. The van der Waals surface area contributed by atoms with Crippen LogP contribution in [0.15, 0.2) is 36.5 Å². The Kier molecular flexibility index (Phi) is 16.9. The van der Waals surface area contributed by atoms with Crippen LogP contribution in [0.5, 0.6) is 0 Å². The van der Waals surface area contributed by atoms with E-state index in [-0.39, 0.29) is 27.3 Å². The van der Waals surface area contributed by atoms with Gasteiger partial charge in [0, 0.05) is 0 Å². The zero-order valence-electron chi connectivity index (χ0n) is 9.09. The number of hydrogen-bond donors (Lipinski definition) is 0. The Labute approximate surface area is 102 Å². The molecule has 0 saturated heterocycles. The van der Waals surface area contributed by atoms with Gasteiger partial charge in [-0.2, -0.15) is 19.1 Å². The van der Waals surface area contributed by atoms with E-state index >= 15 is 0 Å². The molecule has 0 aromatic rings. The van der Waals surface area contributed by atoms with E-state index in [1.807, 2.05) is 24.3 Å². The Morgan fingerprint density at radius 2 is 1.38 bits per heavy atom. The van der Waals surface area contributed by atoms with Gasteiger partial charge in [0.05, 0.1) is 0 Å². The van der Waals surface area contributed by atoms with Gasteiger partial charge >= 0.3 is 25.8 Å². The molecule has 68 valence electrons. The molecule has 0 atom stereocenters. The predicted octanol–water partition coefficient (Wildman–Crippen LogP) is 3.56. The van der Waals surface area contributed by atoms with Crippen molar-refractivity contribution in [2.45, 2.75) is 19.8 Å². The molecule has 0 radical (unpaired) electrons. The molecule has 1 heteroatoms. The third kappa shape index (κ3) is 11.8. The minimum absolute atomic E-state index is 0. The topological polar surface area (TPSA) is 0 Å². The summed E-state index contributed by atoms with van der Waals surface area (Å²) >= 11 is 0. The molecule has 2 aliphatic rings. The van der Waals surface area contributed by atoms with Crippen molar-refractivity contribution in [2.75, 3.05) is 0 Å². The Balaban J connectivity index is -0.000000131.